The minimum atomic E-state index is -0.242. The third kappa shape index (κ3) is 3.50. The van der Waals surface area contributed by atoms with Crippen LogP contribution in [0, 0.1) is 16.7 Å². The van der Waals surface area contributed by atoms with Gasteiger partial charge in [-0.1, -0.05) is 26.7 Å². The fourth-order valence-electron chi connectivity index (χ4n) is 3.66. The molecule has 0 radical (unpaired) electrons. The average Bonchev–Trinajstić information content (AvgIpc) is 2.87. The van der Waals surface area contributed by atoms with Crippen molar-refractivity contribution < 1.29 is 4.79 Å². The Morgan fingerprint density at radius 3 is 2.26 bits per heavy atom. The first-order chi connectivity index (χ1) is 8.97. The Morgan fingerprint density at radius 1 is 1.16 bits per heavy atom. The minimum absolute atomic E-state index is 0.220. The standard InChI is InChI=1S/C16H30N2O/c1-15(2)9-5-13(6-10-15)11-18-14(19)16(12-17)7-3-4-8-16/h13H,3-12,17H2,1-2H3,(H,18,19). The van der Waals surface area contributed by atoms with E-state index >= 15 is 0 Å². The number of amides is 1. The number of nitrogens with two attached hydrogens (primary N) is 1. The summed E-state index contributed by atoms with van der Waals surface area (Å²) in [7, 11) is 0. The van der Waals surface area contributed by atoms with Gasteiger partial charge in [0.25, 0.3) is 0 Å². The van der Waals surface area contributed by atoms with E-state index in [0.717, 1.165) is 32.2 Å². The molecule has 2 aliphatic carbocycles. The SMILES string of the molecule is CC1(C)CCC(CNC(=O)C2(CN)CCCC2)CC1. The van der Waals surface area contributed by atoms with Crippen molar-refractivity contribution in [3.05, 3.63) is 0 Å². The van der Waals surface area contributed by atoms with Crippen molar-refractivity contribution in [2.45, 2.75) is 65.2 Å². The van der Waals surface area contributed by atoms with Gasteiger partial charge in [-0.3, -0.25) is 4.79 Å². The van der Waals surface area contributed by atoms with Crippen molar-refractivity contribution in [2.75, 3.05) is 13.1 Å². The first-order valence-electron chi connectivity index (χ1n) is 7.96. The summed E-state index contributed by atoms with van der Waals surface area (Å²) in [4.78, 5) is 12.4. The largest absolute Gasteiger partial charge is 0.355 e. The van der Waals surface area contributed by atoms with Crippen LogP contribution >= 0.6 is 0 Å². The predicted molar refractivity (Wildman–Crippen MR) is 78.7 cm³/mol. The van der Waals surface area contributed by atoms with Gasteiger partial charge in [0, 0.05) is 13.1 Å². The second-order valence-electron chi connectivity index (χ2n) is 7.51. The summed E-state index contributed by atoms with van der Waals surface area (Å²) in [5, 5.41) is 3.19. The molecule has 0 spiro atoms. The highest BCUT2D eigenvalue weighted by Gasteiger charge is 2.39. The highest BCUT2D eigenvalue weighted by molar-refractivity contribution is 5.83. The number of nitrogens with one attached hydrogen (secondary N) is 1. The second-order valence-corrected chi connectivity index (χ2v) is 7.51. The normalized spacial score (nSPS) is 26.3. The van der Waals surface area contributed by atoms with Crippen molar-refractivity contribution in [3.63, 3.8) is 0 Å². The summed E-state index contributed by atoms with van der Waals surface area (Å²) in [6.45, 7) is 6.07. The van der Waals surface area contributed by atoms with E-state index in [2.05, 4.69) is 19.2 Å². The molecule has 0 aromatic carbocycles. The van der Waals surface area contributed by atoms with E-state index in [1.165, 1.54) is 25.7 Å². The maximum absolute atomic E-state index is 12.4. The molecule has 2 aliphatic rings. The Balaban J connectivity index is 1.78. The van der Waals surface area contributed by atoms with Crippen LogP contribution < -0.4 is 11.1 Å². The van der Waals surface area contributed by atoms with E-state index in [0.29, 0.717) is 17.9 Å². The van der Waals surface area contributed by atoms with Crippen LogP contribution in [0.4, 0.5) is 0 Å². The lowest BCUT2D eigenvalue weighted by Gasteiger charge is -2.35. The van der Waals surface area contributed by atoms with E-state index in [9.17, 15) is 4.79 Å². The van der Waals surface area contributed by atoms with Gasteiger partial charge in [-0.2, -0.15) is 0 Å². The molecule has 0 unspecified atom stereocenters. The van der Waals surface area contributed by atoms with Crippen molar-refractivity contribution in [3.8, 4) is 0 Å². The summed E-state index contributed by atoms with van der Waals surface area (Å²) < 4.78 is 0. The molecule has 0 atom stereocenters. The van der Waals surface area contributed by atoms with Gasteiger partial charge < -0.3 is 11.1 Å². The summed E-state index contributed by atoms with van der Waals surface area (Å²) >= 11 is 0. The first kappa shape index (κ1) is 14.8. The third-order valence-corrected chi connectivity index (χ3v) is 5.44. The monoisotopic (exact) mass is 266 g/mol. The second kappa shape index (κ2) is 5.82. The molecular weight excluding hydrogens is 236 g/mol. The maximum Gasteiger partial charge on any atom is 0.227 e. The van der Waals surface area contributed by atoms with E-state index in [4.69, 9.17) is 5.73 Å². The van der Waals surface area contributed by atoms with Gasteiger partial charge in [0.05, 0.1) is 5.41 Å². The van der Waals surface area contributed by atoms with Gasteiger partial charge in [-0.05, 0) is 49.9 Å². The Kier molecular flexibility index (Phi) is 4.54. The average molecular weight is 266 g/mol. The summed E-state index contributed by atoms with van der Waals surface area (Å²) in [6, 6.07) is 0. The first-order valence-corrected chi connectivity index (χ1v) is 7.96. The van der Waals surface area contributed by atoms with Gasteiger partial charge in [0.1, 0.15) is 0 Å². The molecule has 0 saturated heterocycles. The molecule has 2 fully saturated rings. The lowest BCUT2D eigenvalue weighted by Crippen LogP contribution is -2.46. The highest BCUT2D eigenvalue weighted by Crippen LogP contribution is 2.39. The Hall–Kier alpha value is -0.570. The van der Waals surface area contributed by atoms with Crippen LogP contribution in [-0.2, 0) is 4.79 Å². The zero-order valence-electron chi connectivity index (χ0n) is 12.6. The van der Waals surface area contributed by atoms with Gasteiger partial charge in [-0.15, -0.1) is 0 Å². The smallest absolute Gasteiger partial charge is 0.227 e. The zero-order chi connectivity index (χ0) is 13.9. The van der Waals surface area contributed by atoms with Crippen LogP contribution in [0.25, 0.3) is 0 Å². The molecule has 19 heavy (non-hydrogen) atoms. The van der Waals surface area contributed by atoms with Crippen LogP contribution in [0.5, 0.6) is 0 Å². The molecule has 0 bridgehead atoms. The molecule has 3 nitrogen and oxygen atoms in total. The van der Waals surface area contributed by atoms with Gasteiger partial charge in [0.15, 0.2) is 0 Å². The van der Waals surface area contributed by atoms with Crippen LogP contribution in [0.3, 0.4) is 0 Å². The van der Waals surface area contributed by atoms with Crippen LogP contribution in [-0.4, -0.2) is 19.0 Å². The van der Waals surface area contributed by atoms with Gasteiger partial charge >= 0.3 is 0 Å². The Labute approximate surface area is 117 Å². The molecule has 110 valence electrons. The van der Waals surface area contributed by atoms with Crippen LogP contribution in [0.2, 0.25) is 0 Å². The molecule has 1 amide bonds. The van der Waals surface area contributed by atoms with E-state index in [1.807, 2.05) is 0 Å². The number of hydrogen-bond acceptors (Lipinski definition) is 2. The molecule has 0 heterocycles. The molecule has 3 N–H and O–H groups in total. The molecule has 0 aromatic heterocycles. The number of hydrogen-bond donors (Lipinski definition) is 2. The maximum atomic E-state index is 12.4. The van der Waals surface area contributed by atoms with Crippen molar-refractivity contribution in [1.82, 2.24) is 5.32 Å². The van der Waals surface area contributed by atoms with Crippen molar-refractivity contribution in [2.24, 2.45) is 22.5 Å². The van der Waals surface area contributed by atoms with Crippen LogP contribution in [0.15, 0.2) is 0 Å². The van der Waals surface area contributed by atoms with E-state index in [-0.39, 0.29) is 11.3 Å². The quantitative estimate of drug-likeness (QED) is 0.822. The fourth-order valence-corrected chi connectivity index (χ4v) is 3.66. The van der Waals surface area contributed by atoms with Crippen molar-refractivity contribution >= 4 is 5.91 Å². The lowest BCUT2D eigenvalue weighted by molar-refractivity contribution is -0.130. The topological polar surface area (TPSA) is 55.1 Å². The molecule has 0 aliphatic heterocycles. The molecule has 0 aromatic rings. The fraction of sp³-hybridized carbons (Fsp3) is 0.938. The number of carbonyl (C=O) groups is 1. The third-order valence-electron chi connectivity index (χ3n) is 5.44. The Bertz CT molecular complexity index is 309. The number of carbonyl (C=O) groups excluding carboxylic acids is 1. The van der Waals surface area contributed by atoms with Gasteiger partial charge in [0.2, 0.25) is 5.91 Å². The van der Waals surface area contributed by atoms with E-state index in [1.54, 1.807) is 0 Å². The van der Waals surface area contributed by atoms with E-state index < -0.39 is 0 Å². The Morgan fingerprint density at radius 2 is 1.74 bits per heavy atom. The molecule has 2 saturated carbocycles. The molecule has 2 rings (SSSR count). The molecular formula is C16H30N2O. The summed E-state index contributed by atoms with van der Waals surface area (Å²) in [6.07, 6.45) is 9.35. The number of rotatable bonds is 4. The van der Waals surface area contributed by atoms with Crippen molar-refractivity contribution in [1.29, 1.82) is 0 Å². The lowest BCUT2D eigenvalue weighted by atomic mass is 9.73. The minimum Gasteiger partial charge on any atom is -0.355 e. The van der Waals surface area contributed by atoms with Gasteiger partial charge in [-0.25, -0.2) is 0 Å². The van der Waals surface area contributed by atoms with Crippen LogP contribution in [0.1, 0.15) is 65.2 Å². The zero-order valence-corrected chi connectivity index (χ0v) is 12.6. The summed E-state index contributed by atoms with van der Waals surface area (Å²) in [5.74, 6) is 0.894. The summed E-state index contributed by atoms with van der Waals surface area (Å²) in [5.41, 5.74) is 6.12. The highest BCUT2D eigenvalue weighted by atomic mass is 16.2. The predicted octanol–water partition coefficient (Wildman–Crippen LogP) is 2.84. The molecule has 3 heteroatoms.